The Morgan fingerprint density at radius 1 is 1.27 bits per heavy atom. The topological polar surface area (TPSA) is 28.7 Å². The fraction of sp³-hybridized carbons (Fsp3) is 0.250. The Morgan fingerprint density at radius 2 is 2.00 bits per heavy atom. The molecule has 1 N–H and O–H groups in total. The van der Waals surface area contributed by atoms with Crippen molar-refractivity contribution in [2.24, 2.45) is 0 Å². The lowest BCUT2D eigenvalue weighted by Gasteiger charge is -2.01. The molecule has 0 spiro atoms. The van der Waals surface area contributed by atoms with E-state index in [-0.39, 0.29) is 0 Å². The molecule has 0 amide bonds. The summed E-state index contributed by atoms with van der Waals surface area (Å²) in [5, 5.41) is 7.46. The van der Waals surface area contributed by atoms with Gasteiger partial charge in [0, 0.05) is 5.56 Å². The van der Waals surface area contributed by atoms with Crippen LogP contribution in [-0.4, -0.2) is 10.2 Å². The third-order valence-electron chi connectivity index (χ3n) is 2.37. The van der Waals surface area contributed by atoms with Crippen LogP contribution >= 0.6 is 11.6 Å². The zero-order valence-electron chi connectivity index (χ0n) is 8.63. The molecule has 0 unspecified atom stereocenters. The zero-order valence-corrected chi connectivity index (χ0v) is 9.38. The van der Waals surface area contributed by atoms with Crippen LogP contribution in [0.2, 0.25) is 5.02 Å². The molecule has 1 aromatic carbocycles. The lowest BCUT2D eigenvalue weighted by atomic mass is 10.1. The van der Waals surface area contributed by atoms with Gasteiger partial charge in [-0.05, 0) is 12.0 Å². The third kappa shape index (κ3) is 2.21. The summed E-state index contributed by atoms with van der Waals surface area (Å²) in [4.78, 5) is 0. The van der Waals surface area contributed by atoms with Crippen molar-refractivity contribution in [2.75, 3.05) is 0 Å². The second kappa shape index (κ2) is 4.49. The number of nitrogens with zero attached hydrogens (tertiary/aromatic N) is 1. The van der Waals surface area contributed by atoms with Crippen molar-refractivity contribution < 1.29 is 0 Å². The Morgan fingerprint density at radius 3 is 2.53 bits per heavy atom. The Balaban J connectivity index is 2.28. The lowest BCUT2D eigenvalue weighted by Crippen LogP contribution is -1.84. The summed E-state index contributed by atoms with van der Waals surface area (Å²) < 4.78 is 0. The van der Waals surface area contributed by atoms with Crippen molar-refractivity contribution in [3.8, 4) is 11.3 Å². The number of aromatic nitrogens is 2. The maximum Gasteiger partial charge on any atom is 0.0862 e. The van der Waals surface area contributed by atoms with Gasteiger partial charge in [-0.3, -0.25) is 5.10 Å². The van der Waals surface area contributed by atoms with E-state index in [1.807, 2.05) is 0 Å². The molecular weight excluding hydrogens is 208 g/mol. The van der Waals surface area contributed by atoms with Gasteiger partial charge < -0.3 is 0 Å². The van der Waals surface area contributed by atoms with Gasteiger partial charge in [0.2, 0.25) is 0 Å². The van der Waals surface area contributed by atoms with E-state index >= 15 is 0 Å². The number of aryl methyl sites for hydroxylation is 1. The fourth-order valence-corrected chi connectivity index (χ4v) is 1.80. The minimum atomic E-state index is 0.665. The van der Waals surface area contributed by atoms with Gasteiger partial charge in [0.25, 0.3) is 0 Å². The standard InChI is InChI=1S/C12H13ClN2/c1-2-3-9-4-6-10(7-5-9)12-11(13)8-14-15-12/h4-8H,2-3H2,1H3,(H,14,15). The van der Waals surface area contributed by atoms with Gasteiger partial charge in [-0.25, -0.2) is 0 Å². The molecule has 2 rings (SSSR count). The highest BCUT2D eigenvalue weighted by Gasteiger charge is 2.04. The highest BCUT2D eigenvalue weighted by atomic mass is 35.5. The highest BCUT2D eigenvalue weighted by Crippen LogP contribution is 2.25. The molecule has 0 aliphatic heterocycles. The average Bonchev–Trinajstić information content (AvgIpc) is 2.66. The Hall–Kier alpha value is -1.28. The maximum absolute atomic E-state index is 5.98. The van der Waals surface area contributed by atoms with E-state index in [2.05, 4.69) is 41.4 Å². The number of aromatic amines is 1. The molecule has 0 saturated carbocycles. The van der Waals surface area contributed by atoms with E-state index in [0.717, 1.165) is 17.7 Å². The van der Waals surface area contributed by atoms with Crippen molar-refractivity contribution in [2.45, 2.75) is 19.8 Å². The molecule has 2 nitrogen and oxygen atoms in total. The van der Waals surface area contributed by atoms with Crippen LogP contribution in [0.1, 0.15) is 18.9 Å². The number of H-pyrrole nitrogens is 1. The van der Waals surface area contributed by atoms with Gasteiger partial charge >= 0.3 is 0 Å². The number of hydrogen-bond acceptors (Lipinski definition) is 1. The zero-order chi connectivity index (χ0) is 10.7. The molecule has 1 aromatic heterocycles. The summed E-state index contributed by atoms with van der Waals surface area (Å²) in [6.45, 7) is 2.18. The Labute approximate surface area is 94.3 Å². The normalized spacial score (nSPS) is 10.5. The van der Waals surface area contributed by atoms with Gasteiger partial charge in [0.1, 0.15) is 0 Å². The molecule has 0 aliphatic carbocycles. The largest absolute Gasteiger partial charge is 0.276 e. The number of halogens is 1. The second-order valence-corrected chi connectivity index (χ2v) is 3.95. The predicted molar refractivity (Wildman–Crippen MR) is 63.0 cm³/mol. The number of hydrogen-bond donors (Lipinski definition) is 1. The molecule has 0 saturated heterocycles. The molecule has 2 aromatic rings. The fourth-order valence-electron chi connectivity index (χ4n) is 1.60. The van der Waals surface area contributed by atoms with Crippen LogP contribution in [0.5, 0.6) is 0 Å². The van der Waals surface area contributed by atoms with Crippen LogP contribution in [0.3, 0.4) is 0 Å². The summed E-state index contributed by atoms with van der Waals surface area (Å²) in [5.41, 5.74) is 3.33. The molecular formula is C12H13ClN2. The summed E-state index contributed by atoms with van der Waals surface area (Å²) in [6, 6.07) is 8.42. The quantitative estimate of drug-likeness (QED) is 0.840. The molecule has 78 valence electrons. The molecule has 0 radical (unpaired) electrons. The smallest absolute Gasteiger partial charge is 0.0862 e. The summed E-state index contributed by atoms with van der Waals surface area (Å²) >= 11 is 5.98. The summed E-state index contributed by atoms with van der Waals surface area (Å²) in [5.74, 6) is 0. The second-order valence-electron chi connectivity index (χ2n) is 3.54. The van der Waals surface area contributed by atoms with Crippen molar-refractivity contribution in [1.29, 1.82) is 0 Å². The van der Waals surface area contributed by atoms with Crippen LogP contribution in [0, 0.1) is 0 Å². The summed E-state index contributed by atoms with van der Waals surface area (Å²) in [7, 11) is 0. The molecule has 3 heteroatoms. The molecule has 0 fully saturated rings. The molecule has 1 heterocycles. The minimum Gasteiger partial charge on any atom is -0.276 e. The van der Waals surface area contributed by atoms with E-state index in [4.69, 9.17) is 11.6 Å². The molecule has 0 bridgehead atoms. The van der Waals surface area contributed by atoms with Crippen molar-refractivity contribution in [1.82, 2.24) is 10.2 Å². The van der Waals surface area contributed by atoms with Gasteiger partial charge in [-0.15, -0.1) is 0 Å². The first kappa shape index (κ1) is 10.2. The summed E-state index contributed by atoms with van der Waals surface area (Å²) in [6.07, 6.45) is 3.91. The van der Waals surface area contributed by atoms with E-state index in [1.165, 1.54) is 12.0 Å². The Bertz CT molecular complexity index is 431. The first-order valence-electron chi connectivity index (χ1n) is 5.09. The third-order valence-corrected chi connectivity index (χ3v) is 2.66. The van der Waals surface area contributed by atoms with Gasteiger partial charge in [0.05, 0.1) is 16.9 Å². The predicted octanol–water partition coefficient (Wildman–Crippen LogP) is 3.68. The highest BCUT2D eigenvalue weighted by molar-refractivity contribution is 6.32. The van der Waals surface area contributed by atoms with Crippen LogP contribution in [0.25, 0.3) is 11.3 Å². The van der Waals surface area contributed by atoms with E-state index in [1.54, 1.807) is 6.20 Å². The number of benzene rings is 1. The van der Waals surface area contributed by atoms with Crippen LogP contribution in [0.4, 0.5) is 0 Å². The Kier molecular flexibility index (Phi) is 3.07. The van der Waals surface area contributed by atoms with Gasteiger partial charge in [0.15, 0.2) is 0 Å². The number of rotatable bonds is 3. The minimum absolute atomic E-state index is 0.665. The molecule has 15 heavy (non-hydrogen) atoms. The van der Waals surface area contributed by atoms with Crippen LogP contribution in [-0.2, 0) is 6.42 Å². The maximum atomic E-state index is 5.98. The lowest BCUT2D eigenvalue weighted by molar-refractivity contribution is 0.922. The van der Waals surface area contributed by atoms with E-state index in [0.29, 0.717) is 5.02 Å². The van der Waals surface area contributed by atoms with Crippen molar-refractivity contribution in [3.63, 3.8) is 0 Å². The van der Waals surface area contributed by atoms with E-state index in [9.17, 15) is 0 Å². The van der Waals surface area contributed by atoms with Gasteiger partial charge in [-0.2, -0.15) is 5.10 Å². The molecule has 0 aliphatic rings. The van der Waals surface area contributed by atoms with Crippen LogP contribution in [0.15, 0.2) is 30.5 Å². The first-order valence-corrected chi connectivity index (χ1v) is 5.47. The first-order chi connectivity index (χ1) is 7.31. The SMILES string of the molecule is CCCc1ccc(-c2[nH]ncc2Cl)cc1. The van der Waals surface area contributed by atoms with E-state index < -0.39 is 0 Å². The average molecular weight is 221 g/mol. The van der Waals surface area contributed by atoms with Crippen LogP contribution < -0.4 is 0 Å². The van der Waals surface area contributed by atoms with Crippen molar-refractivity contribution >= 4 is 11.6 Å². The number of nitrogens with one attached hydrogen (secondary N) is 1. The monoisotopic (exact) mass is 220 g/mol. The molecule has 0 atom stereocenters. The van der Waals surface area contributed by atoms with Gasteiger partial charge in [-0.1, -0.05) is 49.2 Å². The van der Waals surface area contributed by atoms with Crippen molar-refractivity contribution in [3.05, 3.63) is 41.0 Å².